The van der Waals surface area contributed by atoms with Crippen molar-refractivity contribution in [1.29, 1.82) is 0 Å². The lowest BCUT2D eigenvalue weighted by Gasteiger charge is -2.23. The van der Waals surface area contributed by atoms with E-state index in [1.54, 1.807) is 0 Å². The summed E-state index contributed by atoms with van der Waals surface area (Å²) >= 11 is 0. The van der Waals surface area contributed by atoms with Gasteiger partial charge in [0.05, 0.1) is 23.4 Å². The lowest BCUT2D eigenvalue weighted by atomic mass is 10.1. The molecule has 1 aliphatic heterocycles. The zero-order valence-corrected chi connectivity index (χ0v) is 10.6. The van der Waals surface area contributed by atoms with Crippen LogP contribution < -0.4 is 0 Å². The van der Waals surface area contributed by atoms with Crippen molar-refractivity contribution in [2.45, 2.75) is 36.7 Å². The SMILES string of the molecule is O=C(O)C1CCCC1S(=O)(=O)N1CC(O)C(O)C1. The molecule has 104 valence electrons. The summed E-state index contributed by atoms with van der Waals surface area (Å²) in [5.41, 5.74) is 0. The summed E-state index contributed by atoms with van der Waals surface area (Å²) < 4.78 is 25.6. The molecule has 0 bridgehead atoms. The number of carbonyl (C=O) groups is 1. The highest BCUT2D eigenvalue weighted by atomic mass is 32.2. The minimum Gasteiger partial charge on any atom is -0.481 e. The first-order chi connectivity index (χ1) is 8.34. The van der Waals surface area contributed by atoms with Gasteiger partial charge >= 0.3 is 5.97 Å². The molecule has 2 fully saturated rings. The molecule has 2 rings (SSSR count). The number of rotatable bonds is 3. The van der Waals surface area contributed by atoms with Crippen LogP contribution in [0.1, 0.15) is 19.3 Å². The van der Waals surface area contributed by atoms with Gasteiger partial charge in [-0.3, -0.25) is 4.79 Å². The van der Waals surface area contributed by atoms with Gasteiger partial charge in [0, 0.05) is 13.1 Å². The third kappa shape index (κ3) is 2.25. The fourth-order valence-electron chi connectivity index (χ4n) is 2.70. The largest absolute Gasteiger partial charge is 0.481 e. The van der Waals surface area contributed by atoms with Crippen molar-refractivity contribution in [3.8, 4) is 0 Å². The molecule has 0 amide bonds. The smallest absolute Gasteiger partial charge is 0.307 e. The van der Waals surface area contributed by atoms with Crippen molar-refractivity contribution in [3.63, 3.8) is 0 Å². The van der Waals surface area contributed by atoms with Crippen LogP contribution in [0.2, 0.25) is 0 Å². The Bertz CT molecular complexity index is 426. The normalized spacial score (nSPS) is 38.1. The quantitative estimate of drug-likeness (QED) is 0.585. The first kappa shape index (κ1) is 13.7. The summed E-state index contributed by atoms with van der Waals surface area (Å²) in [6, 6.07) is 0. The maximum atomic E-state index is 12.3. The molecule has 0 aromatic carbocycles. The number of aliphatic carboxylic acids is 1. The molecule has 3 N–H and O–H groups in total. The van der Waals surface area contributed by atoms with Gasteiger partial charge in [-0.15, -0.1) is 0 Å². The molecule has 1 saturated carbocycles. The minimum atomic E-state index is -3.77. The van der Waals surface area contributed by atoms with Crippen LogP contribution >= 0.6 is 0 Å². The standard InChI is InChI=1S/C10H17NO6S/c12-7-4-11(5-8(7)13)18(16,17)9-3-1-2-6(9)10(14)15/h6-9,12-13H,1-5H2,(H,14,15). The van der Waals surface area contributed by atoms with Crippen LogP contribution in [-0.2, 0) is 14.8 Å². The van der Waals surface area contributed by atoms with E-state index in [9.17, 15) is 23.4 Å². The predicted octanol–water partition coefficient (Wildman–Crippen LogP) is -1.39. The molecular weight excluding hydrogens is 262 g/mol. The average molecular weight is 279 g/mol. The Morgan fingerprint density at radius 3 is 2.17 bits per heavy atom. The van der Waals surface area contributed by atoms with E-state index >= 15 is 0 Å². The highest BCUT2D eigenvalue weighted by Gasteiger charge is 2.47. The molecule has 0 radical (unpaired) electrons. The van der Waals surface area contributed by atoms with Gasteiger partial charge in [0.2, 0.25) is 10.0 Å². The van der Waals surface area contributed by atoms with Gasteiger partial charge < -0.3 is 15.3 Å². The number of hydrogen-bond donors (Lipinski definition) is 3. The molecule has 4 atom stereocenters. The van der Waals surface area contributed by atoms with Gasteiger partial charge in [0.15, 0.2) is 0 Å². The van der Waals surface area contributed by atoms with Crippen molar-refractivity contribution < 1.29 is 28.5 Å². The third-order valence-electron chi connectivity index (χ3n) is 3.74. The number of aliphatic hydroxyl groups excluding tert-OH is 2. The number of carboxylic acids is 1. The molecule has 0 aromatic rings. The average Bonchev–Trinajstić information content (AvgIpc) is 2.87. The molecule has 4 unspecified atom stereocenters. The summed E-state index contributed by atoms with van der Waals surface area (Å²) in [6.45, 7) is -0.321. The van der Waals surface area contributed by atoms with Crippen molar-refractivity contribution in [2.24, 2.45) is 5.92 Å². The fraction of sp³-hybridized carbons (Fsp3) is 0.900. The van der Waals surface area contributed by atoms with Gasteiger partial charge in [-0.05, 0) is 12.8 Å². The van der Waals surface area contributed by atoms with Gasteiger partial charge in [0.1, 0.15) is 0 Å². The maximum Gasteiger partial charge on any atom is 0.307 e. The Morgan fingerprint density at radius 2 is 1.67 bits per heavy atom. The molecule has 0 aromatic heterocycles. The molecule has 1 saturated heterocycles. The molecular formula is C10H17NO6S. The van der Waals surface area contributed by atoms with Crippen LogP contribution in [0, 0.1) is 5.92 Å². The van der Waals surface area contributed by atoms with Crippen molar-refractivity contribution in [2.75, 3.05) is 13.1 Å². The van der Waals surface area contributed by atoms with Crippen molar-refractivity contribution >= 4 is 16.0 Å². The zero-order valence-electron chi connectivity index (χ0n) is 9.77. The Morgan fingerprint density at radius 1 is 1.11 bits per heavy atom. The third-order valence-corrected chi connectivity index (χ3v) is 6.09. The topological polar surface area (TPSA) is 115 Å². The highest BCUT2D eigenvalue weighted by Crippen LogP contribution is 2.34. The Hall–Kier alpha value is -0.700. The molecule has 1 aliphatic carbocycles. The molecule has 7 nitrogen and oxygen atoms in total. The van der Waals surface area contributed by atoms with E-state index in [1.165, 1.54) is 0 Å². The monoisotopic (exact) mass is 279 g/mol. The number of nitrogens with zero attached hydrogens (tertiary/aromatic N) is 1. The molecule has 8 heteroatoms. The van der Waals surface area contributed by atoms with Gasteiger partial charge in [0.25, 0.3) is 0 Å². The van der Waals surface area contributed by atoms with E-state index in [0.717, 1.165) is 4.31 Å². The van der Waals surface area contributed by atoms with Crippen LogP contribution in [0.5, 0.6) is 0 Å². The minimum absolute atomic E-state index is 0.160. The van der Waals surface area contributed by atoms with Gasteiger partial charge in [-0.2, -0.15) is 4.31 Å². The van der Waals surface area contributed by atoms with Crippen LogP contribution in [0.4, 0.5) is 0 Å². The number of sulfonamides is 1. The summed E-state index contributed by atoms with van der Waals surface area (Å²) in [7, 11) is -3.77. The second kappa shape index (κ2) is 4.76. The van der Waals surface area contributed by atoms with Crippen LogP contribution in [0.3, 0.4) is 0 Å². The predicted molar refractivity (Wildman–Crippen MR) is 61.3 cm³/mol. The van der Waals surface area contributed by atoms with E-state index in [4.69, 9.17) is 5.11 Å². The van der Waals surface area contributed by atoms with Crippen LogP contribution in [0.15, 0.2) is 0 Å². The number of aliphatic hydroxyl groups is 2. The van der Waals surface area contributed by atoms with Gasteiger partial charge in [-0.25, -0.2) is 8.42 Å². The fourth-order valence-corrected chi connectivity index (χ4v) is 4.94. The van der Waals surface area contributed by atoms with E-state index in [-0.39, 0.29) is 13.1 Å². The van der Waals surface area contributed by atoms with E-state index in [1.807, 2.05) is 0 Å². The number of β-amino-alcohol motifs (C(OH)–C–C–N with tert-alkyl or cyclic N) is 2. The van der Waals surface area contributed by atoms with Crippen molar-refractivity contribution in [3.05, 3.63) is 0 Å². The lowest BCUT2D eigenvalue weighted by molar-refractivity contribution is -0.141. The summed E-state index contributed by atoms with van der Waals surface area (Å²) in [4.78, 5) is 11.0. The number of hydrogen-bond acceptors (Lipinski definition) is 5. The van der Waals surface area contributed by atoms with Crippen LogP contribution in [0.25, 0.3) is 0 Å². The second-order valence-corrected chi connectivity index (χ2v) is 7.06. The second-order valence-electron chi connectivity index (χ2n) is 4.91. The van der Waals surface area contributed by atoms with E-state index < -0.39 is 39.4 Å². The van der Waals surface area contributed by atoms with Crippen molar-refractivity contribution in [1.82, 2.24) is 4.31 Å². The Labute approximate surface area is 105 Å². The molecule has 1 heterocycles. The Kier molecular flexibility index (Phi) is 3.63. The lowest BCUT2D eigenvalue weighted by Crippen LogP contribution is -2.41. The zero-order chi connectivity index (χ0) is 13.5. The highest BCUT2D eigenvalue weighted by molar-refractivity contribution is 7.89. The first-order valence-electron chi connectivity index (χ1n) is 5.92. The molecule has 2 aliphatic rings. The maximum absolute atomic E-state index is 12.3. The first-order valence-corrected chi connectivity index (χ1v) is 7.42. The Balaban J connectivity index is 2.19. The molecule has 0 spiro atoms. The van der Waals surface area contributed by atoms with E-state index in [2.05, 4.69) is 0 Å². The summed E-state index contributed by atoms with van der Waals surface area (Å²) in [5, 5.41) is 26.8. The van der Waals surface area contributed by atoms with Gasteiger partial charge in [-0.1, -0.05) is 6.42 Å². The summed E-state index contributed by atoms with van der Waals surface area (Å²) in [6.07, 6.45) is -0.936. The molecule has 18 heavy (non-hydrogen) atoms. The number of carboxylic acid groups (broad SMARTS) is 1. The summed E-state index contributed by atoms with van der Waals surface area (Å²) in [5.74, 6) is -1.98. The van der Waals surface area contributed by atoms with E-state index in [0.29, 0.717) is 19.3 Å². The van der Waals surface area contributed by atoms with Crippen LogP contribution in [-0.4, -0.2) is 64.6 Å².